The molecule has 0 amide bonds. The van der Waals surface area contributed by atoms with Crippen LogP contribution in [0.25, 0.3) is 0 Å². The quantitative estimate of drug-likeness (QED) is 0.743. The highest BCUT2D eigenvalue weighted by Crippen LogP contribution is 2.26. The molecule has 0 heterocycles. The summed E-state index contributed by atoms with van der Waals surface area (Å²) in [6.07, 6.45) is 0.136. The minimum atomic E-state index is -0.353. The van der Waals surface area contributed by atoms with Crippen LogP contribution in [-0.4, -0.2) is 12.9 Å². The second-order valence-corrected chi connectivity index (χ2v) is 5.47. The van der Waals surface area contributed by atoms with Gasteiger partial charge in [-0.1, -0.05) is 33.6 Å². The van der Waals surface area contributed by atoms with Crippen molar-refractivity contribution in [3.63, 3.8) is 0 Å². The van der Waals surface area contributed by atoms with E-state index >= 15 is 0 Å². The van der Waals surface area contributed by atoms with E-state index in [4.69, 9.17) is 16.3 Å². The van der Waals surface area contributed by atoms with Crippen molar-refractivity contribution in [2.75, 3.05) is 7.11 Å². The molecule has 2 aromatic carbocycles. The monoisotopic (exact) mass is 356 g/mol. The highest BCUT2D eigenvalue weighted by molar-refractivity contribution is 9.10. The molecule has 0 unspecified atom stereocenters. The molecule has 0 saturated carbocycles. The first-order valence-corrected chi connectivity index (χ1v) is 6.99. The number of methoxy groups -OCH3 is 1. The Labute approximate surface area is 129 Å². The fraction of sp³-hybridized carbons (Fsp3) is 0.133. The van der Waals surface area contributed by atoms with Gasteiger partial charge in [0.1, 0.15) is 11.6 Å². The zero-order chi connectivity index (χ0) is 14.7. The van der Waals surface area contributed by atoms with Crippen molar-refractivity contribution in [3.05, 3.63) is 62.8 Å². The van der Waals surface area contributed by atoms with Crippen molar-refractivity contribution >= 4 is 33.3 Å². The maximum atomic E-state index is 13.0. The Hall–Kier alpha value is -1.39. The third kappa shape index (κ3) is 3.38. The van der Waals surface area contributed by atoms with Gasteiger partial charge in [-0.15, -0.1) is 0 Å². The Bertz CT molecular complexity index is 658. The fourth-order valence-electron chi connectivity index (χ4n) is 1.83. The van der Waals surface area contributed by atoms with Crippen molar-refractivity contribution in [2.45, 2.75) is 6.42 Å². The predicted molar refractivity (Wildman–Crippen MR) is 80.1 cm³/mol. The van der Waals surface area contributed by atoms with E-state index in [2.05, 4.69) is 15.9 Å². The van der Waals surface area contributed by atoms with Crippen molar-refractivity contribution < 1.29 is 13.9 Å². The fourth-order valence-corrected chi connectivity index (χ4v) is 2.49. The molecule has 0 bridgehead atoms. The number of carbonyl (C=O) groups excluding carboxylic acids is 1. The maximum absolute atomic E-state index is 13.0. The van der Waals surface area contributed by atoms with Crippen molar-refractivity contribution in [1.82, 2.24) is 0 Å². The summed E-state index contributed by atoms with van der Waals surface area (Å²) in [6, 6.07) is 9.11. The molecule has 5 heteroatoms. The highest BCUT2D eigenvalue weighted by Gasteiger charge is 2.15. The van der Waals surface area contributed by atoms with Crippen LogP contribution < -0.4 is 4.74 Å². The molecule has 0 aliphatic rings. The average Bonchev–Trinajstić information content (AvgIpc) is 2.41. The summed E-state index contributed by atoms with van der Waals surface area (Å²) in [5, 5.41) is 0.465. The molecular weight excluding hydrogens is 347 g/mol. The van der Waals surface area contributed by atoms with E-state index in [0.29, 0.717) is 26.4 Å². The summed E-state index contributed by atoms with van der Waals surface area (Å²) in [4.78, 5) is 12.3. The SMILES string of the molecule is COc1ccc(Cl)cc1C(=O)Cc1ccc(F)cc1Br. The Kier molecular flexibility index (Phi) is 4.78. The van der Waals surface area contributed by atoms with E-state index in [-0.39, 0.29) is 18.0 Å². The first kappa shape index (κ1) is 15.0. The normalized spacial score (nSPS) is 10.4. The molecule has 0 spiro atoms. The van der Waals surface area contributed by atoms with Gasteiger partial charge in [-0.25, -0.2) is 4.39 Å². The third-order valence-electron chi connectivity index (χ3n) is 2.83. The van der Waals surface area contributed by atoms with Gasteiger partial charge in [-0.2, -0.15) is 0 Å². The lowest BCUT2D eigenvalue weighted by molar-refractivity contribution is 0.0990. The molecule has 2 nitrogen and oxygen atoms in total. The van der Waals surface area contributed by atoms with Gasteiger partial charge in [0.05, 0.1) is 12.7 Å². The lowest BCUT2D eigenvalue weighted by Crippen LogP contribution is -2.06. The number of hydrogen-bond acceptors (Lipinski definition) is 2. The predicted octanol–water partition coefficient (Wildman–Crippen LogP) is 4.68. The van der Waals surface area contributed by atoms with E-state index in [9.17, 15) is 9.18 Å². The van der Waals surface area contributed by atoms with Crippen LogP contribution in [0.2, 0.25) is 5.02 Å². The minimum absolute atomic E-state index is 0.136. The molecule has 20 heavy (non-hydrogen) atoms. The van der Waals surface area contributed by atoms with Crippen LogP contribution in [0.3, 0.4) is 0 Å². The second-order valence-electron chi connectivity index (χ2n) is 4.18. The molecule has 0 atom stereocenters. The van der Waals surface area contributed by atoms with Gasteiger partial charge in [0.2, 0.25) is 0 Å². The number of ether oxygens (including phenoxy) is 1. The van der Waals surface area contributed by atoms with Gasteiger partial charge >= 0.3 is 0 Å². The molecule has 0 fully saturated rings. The second kappa shape index (κ2) is 6.37. The first-order chi connectivity index (χ1) is 9.51. The summed E-state index contributed by atoms with van der Waals surface area (Å²) in [5.74, 6) is -0.0253. The smallest absolute Gasteiger partial charge is 0.171 e. The molecule has 104 valence electrons. The largest absolute Gasteiger partial charge is 0.496 e. The highest BCUT2D eigenvalue weighted by atomic mass is 79.9. The zero-order valence-corrected chi connectivity index (χ0v) is 13.0. The average molecular weight is 358 g/mol. The van der Waals surface area contributed by atoms with Gasteiger partial charge in [-0.05, 0) is 35.9 Å². The summed E-state index contributed by atoms with van der Waals surface area (Å²) < 4.78 is 18.7. The van der Waals surface area contributed by atoms with Crippen LogP contribution in [0.4, 0.5) is 4.39 Å². The van der Waals surface area contributed by atoms with Crippen LogP contribution in [-0.2, 0) is 6.42 Å². The molecule has 2 aromatic rings. The van der Waals surface area contributed by atoms with E-state index in [1.807, 2.05) is 0 Å². The number of rotatable bonds is 4. The molecular formula is C15H11BrClFO2. The third-order valence-corrected chi connectivity index (χ3v) is 3.80. The van der Waals surface area contributed by atoms with E-state index in [1.54, 1.807) is 24.3 Å². The Balaban J connectivity index is 2.30. The zero-order valence-electron chi connectivity index (χ0n) is 10.6. The van der Waals surface area contributed by atoms with Gasteiger partial charge < -0.3 is 4.74 Å². The summed E-state index contributed by atoms with van der Waals surface area (Å²) in [7, 11) is 1.49. The number of ketones is 1. The van der Waals surface area contributed by atoms with Crippen LogP contribution in [0.1, 0.15) is 15.9 Å². The van der Waals surface area contributed by atoms with Crippen molar-refractivity contribution in [1.29, 1.82) is 0 Å². The van der Waals surface area contributed by atoms with Crippen LogP contribution in [0, 0.1) is 5.82 Å². The molecule has 0 radical (unpaired) electrons. The van der Waals surface area contributed by atoms with E-state index < -0.39 is 0 Å². The molecule has 0 saturated heterocycles. The van der Waals surface area contributed by atoms with Gasteiger partial charge in [0.15, 0.2) is 5.78 Å². The molecule has 0 aliphatic carbocycles. The Morgan fingerprint density at radius 2 is 2.05 bits per heavy atom. The van der Waals surface area contributed by atoms with Gasteiger partial charge in [0, 0.05) is 15.9 Å². The number of Topliss-reactive ketones (excluding diaryl/α,β-unsaturated/α-hetero) is 1. The van der Waals surface area contributed by atoms with Crippen molar-refractivity contribution in [3.8, 4) is 5.75 Å². The summed E-state index contributed by atoms with van der Waals surface area (Å²) >= 11 is 9.15. The summed E-state index contributed by atoms with van der Waals surface area (Å²) in [6.45, 7) is 0. The molecule has 0 aromatic heterocycles. The number of benzene rings is 2. The van der Waals surface area contributed by atoms with Crippen molar-refractivity contribution in [2.24, 2.45) is 0 Å². The topological polar surface area (TPSA) is 26.3 Å². The maximum Gasteiger partial charge on any atom is 0.171 e. The Morgan fingerprint density at radius 1 is 1.30 bits per heavy atom. The first-order valence-electron chi connectivity index (χ1n) is 5.82. The van der Waals surface area contributed by atoms with Gasteiger partial charge in [-0.3, -0.25) is 4.79 Å². The lowest BCUT2D eigenvalue weighted by atomic mass is 10.0. The van der Waals surface area contributed by atoms with Crippen LogP contribution in [0.5, 0.6) is 5.75 Å². The number of hydrogen-bond donors (Lipinski definition) is 0. The van der Waals surface area contributed by atoms with Crippen LogP contribution in [0.15, 0.2) is 40.9 Å². The Morgan fingerprint density at radius 3 is 2.70 bits per heavy atom. The molecule has 0 N–H and O–H groups in total. The van der Waals surface area contributed by atoms with Gasteiger partial charge in [0.25, 0.3) is 0 Å². The lowest BCUT2D eigenvalue weighted by Gasteiger charge is -2.09. The van der Waals surface area contributed by atoms with Crippen LogP contribution >= 0.6 is 27.5 Å². The molecule has 2 rings (SSSR count). The molecule has 0 aliphatic heterocycles. The minimum Gasteiger partial charge on any atom is -0.496 e. The van der Waals surface area contributed by atoms with E-state index in [0.717, 1.165) is 0 Å². The standard InChI is InChI=1S/C15H11BrClFO2/c1-20-15-5-3-10(17)7-12(15)14(19)6-9-2-4-11(18)8-13(9)16/h2-5,7-8H,6H2,1H3. The van der Waals surface area contributed by atoms with E-state index in [1.165, 1.54) is 19.2 Å². The summed E-state index contributed by atoms with van der Waals surface area (Å²) in [5.41, 5.74) is 1.12. The number of carbonyl (C=O) groups is 1. The number of halogens is 3.